The first kappa shape index (κ1) is 22.4. The topological polar surface area (TPSA) is 99.4 Å². The maximum atomic E-state index is 12.8. The SMILES string of the molecule is CCC(=O)N(c1ccccn1)c1sc2c(c1C#N)CCN(C(=O)OCCc1ccncc1)C2. The summed E-state index contributed by atoms with van der Waals surface area (Å²) in [6.45, 7) is 2.86. The number of amides is 2. The van der Waals surface area contributed by atoms with Crippen LogP contribution in [0.4, 0.5) is 15.6 Å². The van der Waals surface area contributed by atoms with Gasteiger partial charge in [0.15, 0.2) is 0 Å². The summed E-state index contributed by atoms with van der Waals surface area (Å²) in [6.07, 6.45) is 6.09. The van der Waals surface area contributed by atoms with Crippen molar-refractivity contribution >= 4 is 34.2 Å². The lowest BCUT2D eigenvalue weighted by molar-refractivity contribution is -0.117. The molecule has 0 atom stereocenters. The zero-order valence-electron chi connectivity index (χ0n) is 18.2. The number of pyridine rings is 2. The minimum Gasteiger partial charge on any atom is -0.449 e. The van der Waals surface area contributed by atoms with Crippen molar-refractivity contribution < 1.29 is 14.3 Å². The Hall–Kier alpha value is -3.77. The van der Waals surface area contributed by atoms with Crippen LogP contribution in [-0.4, -0.2) is 40.0 Å². The van der Waals surface area contributed by atoms with Crippen LogP contribution in [0.25, 0.3) is 0 Å². The molecule has 2 amide bonds. The van der Waals surface area contributed by atoms with Gasteiger partial charge in [-0.2, -0.15) is 5.26 Å². The van der Waals surface area contributed by atoms with Crippen LogP contribution >= 0.6 is 11.3 Å². The molecule has 1 aliphatic heterocycles. The second-order valence-electron chi connectivity index (χ2n) is 7.46. The summed E-state index contributed by atoms with van der Waals surface area (Å²) < 4.78 is 5.47. The van der Waals surface area contributed by atoms with E-state index in [1.165, 1.54) is 16.2 Å². The summed E-state index contributed by atoms with van der Waals surface area (Å²) >= 11 is 1.36. The maximum absolute atomic E-state index is 12.8. The number of aromatic nitrogens is 2. The third-order valence-corrected chi connectivity index (χ3v) is 6.61. The minimum atomic E-state index is -0.380. The molecule has 1 aliphatic rings. The van der Waals surface area contributed by atoms with Crippen molar-refractivity contribution in [3.8, 4) is 6.07 Å². The predicted octanol–water partition coefficient (Wildman–Crippen LogP) is 4.22. The quantitative estimate of drug-likeness (QED) is 0.545. The van der Waals surface area contributed by atoms with Gasteiger partial charge in [0.1, 0.15) is 16.9 Å². The van der Waals surface area contributed by atoms with Crippen molar-refractivity contribution in [2.24, 2.45) is 0 Å². The van der Waals surface area contributed by atoms with Gasteiger partial charge in [-0.3, -0.25) is 14.7 Å². The molecule has 168 valence electrons. The van der Waals surface area contributed by atoms with Crippen LogP contribution in [0.15, 0.2) is 48.9 Å². The number of hydrogen-bond acceptors (Lipinski definition) is 7. The van der Waals surface area contributed by atoms with Gasteiger partial charge in [-0.25, -0.2) is 9.78 Å². The standard InChI is InChI=1S/C24H23N5O3S/c1-2-22(30)29(21-5-3-4-10-27-21)23-19(15-25)18-8-13-28(16-20(18)33-23)24(31)32-14-9-17-6-11-26-12-7-17/h3-7,10-12H,2,8-9,13-14,16H2,1H3. The van der Waals surface area contributed by atoms with E-state index >= 15 is 0 Å². The van der Waals surface area contributed by atoms with E-state index in [9.17, 15) is 14.9 Å². The molecule has 4 rings (SSSR count). The molecule has 0 spiro atoms. The zero-order valence-corrected chi connectivity index (χ0v) is 19.0. The summed E-state index contributed by atoms with van der Waals surface area (Å²) in [5.41, 5.74) is 2.42. The van der Waals surface area contributed by atoms with Crippen molar-refractivity contribution in [3.63, 3.8) is 0 Å². The molecule has 8 nitrogen and oxygen atoms in total. The fourth-order valence-corrected chi connectivity index (χ4v) is 5.04. The van der Waals surface area contributed by atoms with Crippen LogP contribution in [0.1, 0.15) is 34.9 Å². The molecule has 0 saturated heterocycles. The van der Waals surface area contributed by atoms with Crippen molar-refractivity contribution in [1.29, 1.82) is 5.26 Å². The van der Waals surface area contributed by atoms with Crippen LogP contribution in [0.2, 0.25) is 0 Å². The van der Waals surface area contributed by atoms with Gasteiger partial charge in [0.05, 0.1) is 18.7 Å². The number of nitriles is 1. The lowest BCUT2D eigenvalue weighted by Crippen LogP contribution is -2.36. The van der Waals surface area contributed by atoms with Crippen molar-refractivity contribution in [3.05, 3.63) is 70.5 Å². The fraction of sp³-hybridized carbons (Fsp3) is 0.292. The number of ether oxygens (including phenoxy) is 1. The van der Waals surface area contributed by atoms with Crippen LogP contribution in [0, 0.1) is 11.3 Å². The van der Waals surface area contributed by atoms with Crippen molar-refractivity contribution in [2.75, 3.05) is 18.1 Å². The molecule has 33 heavy (non-hydrogen) atoms. The average Bonchev–Trinajstić information content (AvgIpc) is 3.22. The number of hydrogen-bond donors (Lipinski definition) is 0. The van der Waals surface area contributed by atoms with E-state index in [2.05, 4.69) is 16.0 Å². The van der Waals surface area contributed by atoms with Crippen molar-refractivity contribution in [1.82, 2.24) is 14.9 Å². The second-order valence-corrected chi connectivity index (χ2v) is 8.54. The van der Waals surface area contributed by atoms with Crippen molar-refractivity contribution in [2.45, 2.75) is 32.7 Å². The Morgan fingerprint density at radius 2 is 2.06 bits per heavy atom. The minimum absolute atomic E-state index is 0.142. The van der Waals surface area contributed by atoms with E-state index in [0.717, 1.165) is 16.0 Å². The fourth-order valence-electron chi connectivity index (χ4n) is 3.70. The lowest BCUT2D eigenvalue weighted by Gasteiger charge is -2.26. The second kappa shape index (κ2) is 10.2. The van der Waals surface area contributed by atoms with E-state index in [-0.39, 0.29) is 25.0 Å². The van der Waals surface area contributed by atoms with Gasteiger partial charge in [-0.15, -0.1) is 11.3 Å². The molecular weight excluding hydrogens is 438 g/mol. The number of nitrogens with zero attached hydrogens (tertiary/aromatic N) is 5. The molecule has 0 aromatic carbocycles. The monoisotopic (exact) mass is 461 g/mol. The molecule has 0 aliphatic carbocycles. The van der Waals surface area contributed by atoms with Gasteiger partial charge in [0.2, 0.25) is 5.91 Å². The first-order valence-electron chi connectivity index (χ1n) is 10.7. The van der Waals surface area contributed by atoms with Crippen LogP contribution < -0.4 is 4.90 Å². The Bertz CT molecular complexity index is 1170. The third kappa shape index (κ3) is 4.86. The highest BCUT2D eigenvalue weighted by Crippen LogP contribution is 2.41. The highest BCUT2D eigenvalue weighted by Gasteiger charge is 2.31. The van der Waals surface area contributed by atoms with Gasteiger partial charge in [0, 0.05) is 42.9 Å². The number of carbonyl (C=O) groups excluding carboxylic acids is 2. The van der Waals surface area contributed by atoms with E-state index in [1.54, 1.807) is 42.5 Å². The zero-order chi connectivity index (χ0) is 23.2. The van der Waals surface area contributed by atoms with Crippen LogP contribution in [0.5, 0.6) is 0 Å². The molecule has 3 aromatic rings. The number of anilines is 2. The third-order valence-electron chi connectivity index (χ3n) is 5.41. The van der Waals surface area contributed by atoms with Crippen LogP contribution in [-0.2, 0) is 28.9 Å². The van der Waals surface area contributed by atoms with Gasteiger partial charge in [-0.05, 0) is 41.8 Å². The normalized spacial score (nSPS) is 12.5. The summed E-state index contributed by atoms with van der Waals surface area (Å²) in [5.74, 6) is 0.336. The smallest absolute Gasteiger partial charge is 0.410 e. The summed E-state index contributed by atoms with van der Waals surface area (Å²) in [5, 5.41) is 10.5. The largest absolute Gasteiger partial charge is 0.449 e. The summed E-state index contributed by atoms with van der Waals surface area (Å²) in [4.78, 5) is 37.8. The van der Waals surface area contributed by atoms with Gasteiger partial charge < -0.3 is 9.64 Å². The Balaban J connectivity index is 1.52. The molecule has 3 aromatic heterocycles. The maximum Gasteiger partial charge on any atom is 0.410 e. The Morgan fingerprint density at radius 1 is 1.24 bits per heavy atom. The molecule has 4 heterocycles. The van der Waals surface area contributed by atoms with E-state index < -0.39 is 0 Å². The van der Waals surface area contributed by atoms with E-state index in [0.29, 0.717) is 42.3 Å². The molecule has 9 heteroatoms. The lowest BCUT2D eigenvalue weighted by atomic mass is 10.0. The number of fused-ring (bicyclic) bond motifs is 1. The average molecular weight is 462 g/mol. The van der Waals surface area contributed by atoms with Crippen LogP contribution in [0.3, 0.4) is 0 Å². The Morgan fingerprint density at radius 3 is 2.76 bits per heavy atom. The Labute approximate surface area is 196 Å². The molecule has 0 bridgehead atoms. The highest BCUT2D eigenvalue weighted by molar-refractivity contribution is 7.16. The van der Waals surface area contributed by atoms with Gasteiger partial charge >= 0.3 is 6.09 Å². The molecule has 0 N–H and O–H groups in total. The number of thiophene rings is 1. The molecule has 0 fully saturated rings. The number of carbonyl (C=O) groups is 2. The first-order chi connectivity index (χ1) is 16.1. The molecule has 0 unspecified atom stereocenters. The van der Waals surface area contributed by atoms with Gasteiger partial charge in [0.25, 0.3) is 0 Å². The highest BCUT2D eigenvalue weighted by atomic mass is 32.1. The predicted molar refractivity (Wildman–Crippen MR) is 124 cm³/mol. The first-order valence-corrected chi connectivity index (χ1v) is 11.5. The summed E-state index contributed by atoms with van der Waals surface area (Å²) in [6, 6.07) is 11.4. The van der Waals surface area contributed by atoms with E-state index in [4.69, 9.17) is 4.74 Å². The van der Waals surface area contributed by atoms with E-state index in [1.807, 2.05) is 18.2 Å². The summed E-state index contributed by atoms with van der Waals surface area (Å²) in [7, 11) is 0. The molecule has 0 radical (unpaired) electrons. The Kier molecular flexibility index (Phi) is 6.95. The molecular formula is C24H23N5O3S. The van der Waals surface area contributed by atoms with Gasteiger partial charge in [-0.1, -0.05) is 13.0 Å². The molecule has 0 saturated carbocycles. The number of rotatable bonds is 6.